The van der Waals surface area contributed by atoms with Crippen LogP contribution in [-0.2, 0) is 6.54 Å². The van der Waals surface area contributed by atoms with E-state index in [1.165, 1.54) is 17.6 Å². The first-order chi connectivity index (χ1) is 12.7. The Kier molecular flexibility index (Phi) is 4.23. The van der Waals surface area contributed by atoms with Gasteiger partial charge in [-0.05, 0) is 17.7 Å². The Labute approximate surface area is 152 Å². The average Bonchev–Trinajstić information content (AvgIpc) is 3.16. The number of hydrogen-bond acceptors (Lipinski definition) is 5. The van der Waals surface area contributed by atoms with E-state index < -0.39 is 0 Å². The normalized spacial score (nSPS) is 10.8. The summed E-state index contributed by atoms with van der Waals surface area (Å²) in [5, 5.41) is 7.73. The van der Waals surface area contributed by atoms with Gasteiger partial charge in [-0.1, -0.05) is 42.5 Å². The van der Waals surface area contributed by atoms with E-state index in [1.54, 1.807) is 4.52 Å². The SMILES string of the molecule is CN(C)c1ccc(CNc2cc(-c3ccccc3)nc3ncnn23)cc1. The predicted molar refractivity (Wildman–Crippen MR) is 104 cm³/mol. The Balaban J connectivity index is 1.62. The maximum atomic E-state index is 4.60. The van der Waals surface area contributed by atoms with Crippen molar-refractivity contribution >= 4 is 17.3 Å². The largest absolute Gasteiger partial charge is 0.378 e. The van der Waals surface area contributed by atoms with Crippen LogP contribution in [0.3, 0.4) is 0 Å². The number of anilines is 2. The molecule has 4 rings (SSSR count). The van der Waals surface area contributed by atoms with E-state index in [2.05, 4.69) is 49.5 Å². The summed E-state index contributed by atoms with van der Waals surface area (Å²) in [5.41, 5.74) is 4.30. The number of rotatable bonds is 5. The standard InChI is InChI=1S/C20H20N6/c1-25(2)17-10-8-15(9-11-17)13-21-19-12-18(16-6-4-3-5-7-16)24-20-22-14-23-26(19)20/h3-12,14,21H,13H2,1-2H3. The van der Waals surface area contributed by atoms with Gasteiger partial charge in [0, 0.05) is 38.0 Å². The van der Waals surface area contributed by atoms with Gasteiger partial charge in [0.05, 0.1) is 5.69 Å². The van der Waals surface area contributed by atoms with Crippen LogP contribution in [0, 0.1) is 0 Å². The monoisotopic (exact) mass is 344 g/mol. The van der Waals surface area contributed by atoms with Crippen LogP contribution in [0.1, 0.15) is 5.56 Å². The Bertz CT molecular complexity index is 1010. The molecule has 0 aliphatic rings. The molecule has 2 heterocycles. The minimum atomic E-state index is 0.580. The molecule has 26 heavy (non-hydrogen) atoms. The first-order valence-electron chi connectivity index (χ1n) is 8.47. The Morgan fingerprint density at radius 3 is 2.50 bits per heavy atom. The number of aromatic nitrogens is 4. The summed E-state index contributed by atoms with van der Waals surface area (Å²) in [5.74, 6) is 1.44. The summed E-state index contributed by atoms with van der Waals surface area (Å²) in [4.78, 5) is 10.9. The molecule has 0 amide bonds. The molecule has 2 aromatic heterocycles. The average molecular weight is 344 g/mol. The molecule has 130 valence electrons. The van der Waals surface area contributed by atoms with Gasteiger partial charge in [-0.15, -0.1) is 0 Å². The third-order valence-corrected chi connectivity index (χ3v) is 4.25. The molecule has 0 aliphatic carbocycles. The van der Waals surface area contributed by atoms with E-state index in [0.717, 1.165) is 17.1 Å². The summed E-state index contributed by atoms with van der Waals surface area (Å²) in [7, 11) is 4.08. The van der Waals surface area contributed by atoms with Gasteiger partial charge in [0.25, 0.3) is 5.78 Å². The molecule has 0 saturated heterocycles. The minimum absolute atomic E-state index is 0.580. The minimum Gasteiger partial charge on any atom is -0.378 e. The molecular weight excluding hydrogens is 324 g/mol. The lowest BCUT2D eigenvalue weighted by Crippen LogP contribution is -2.09. The second-order valence-electron chi connectivity index (χ2n) is 6.28. The lowest BCUT2D eigenvalue weighted by molar-refractivity contribution is 0.926. The molecule has 0 aliphatic heterocycles. The van der Waals surface area contributed by atoms with E-state index in [4.69, 9.17) is 0 Å². The molecule has 0 radical (unpaired) electrons. The van der Waals surface area contributed by atoms with Crippen LogP contribution in [0.2, 0.25) is 0 Å². The Hall–Kier alpha value is -3.41. The van der Waals surface area contributed by atoms with Gasteiger partial charge in [0.1, 0.15) is 12.1 Å². The third kappa shape index (κ3) is 3.21. The summed E-state index contributed by atoms with van der Waals surface area (Å²) >= 11 is 0. The molecule has 6 heteroatoms. The number of hydrogen-bond donors (Lipinski definition) is 1. The first kappa shape index (κ1) is 16.1. The second kappa shape index (κ2) is 6.84. The van der Waals surface area contributed by atoms with Crippen molar-refractivity contribution in [1.29, 1.82) is 0 Å². The lowest BCUT2D eigenvalue weighted by atomic mass is 10.1. The van der Waals surface area contributed by atoms with Crippen molar-refractivity contribution in [3.63, 3.8) is 0 Å². The molecule has 0 atom stereocenters. The maximum absolute atomic E-state index is 4.60. The summed E-state index contributed by atoms with van der Waals surface area (Å²) in [6.45, 7) is 0.695. The first-order valence-corrected chi connectivity index (χ1v) is 8.47. The van der Waals surface area contributed by atoms with Gasteiger partial charge in [0.2, 0.25) is 0 Å². The van der Waals surface area contributed by atoms with Crippen molar-refractivity contribution in [2.24, 2.45) is 0 Å². The summed E-state index contributed by atoms with van der Waals surface area (Å²) in [6.07, 6.45) is 1.52. The van der Waals surface area contributed by atoms with Crippen LogP contribution in [0.5, 0.6) is 0 Å². The molecule has 2 aromatic carbocycles. The molecule has 0 unspecified atom stereocenters. The zero-order valence-electron chi connectivity index (χ0n) is 14.8. The van der Waals surface area contributed by atoms with E-state index in [0.29, 0.717) is 12.3 Å². The third-order valence-electron chi connectivity index (χ3n) is 4.25. The van der Waals surface area contributed by atoms with Gasteiger partial charge in [-0.2, -0.15) is 14.6 Å². The van der Waals surface area contributed by atoms with Crippen molar-refractivity contribution in [3.8, 4) is 11.3 Å². The van der Waals surface area contributed by atoms with E-state index in [-0.39, 0.29) is 0 Å². The smallest absolute Gasteiger partial charge is 0.254 e. The highest BCUT2D eigenvalue weighted by Gasteiger charge is 2.09. The molecule has 0 spiro atoms. The molecule has 0 bridgehead atoms. The van der Waals surface area contributed by atoms with Gasteiger partial charge < -0.3 is 10.2 Å². The molecule has 0 saturated carbocycles. The van der Waals surface area contributed by atoms with Crippen LogP contribution < -0.4 is 10.2 Å². The fourth-order valence-electron chi connectivity index (χ4n) is 2.80. The zero-order valence-corrected chi connectivity index (χ0v) is 14.8. The van der Waals surface area contributed by atoms with E-state index in [1.807, 2.05) is 50.5 Å². The highest BCUT2D eigenvalue weighted by Crippen LogP contribution is 2.22. The van der Waals surface area contributed by atoms with Crippen LogP contribution in [0.15, 0.2) is 67.0 Å². The van der Waals surface area contributed by atoms with E-state index >= 15 is 0 Å². The van der Waals surface area contributed by atoms with Crippen LogP contribution in [0.4, 0.5) is 11.5 Å². The van der Waals surface area contributed by atoms with Crippen LogP contribution in [-0.4, -0.2) is 33.7 Å². The van der Waals surface area contributed by atoms with Crippen LogP contribution >= 0.6 is 0 Å². The molecule has 1 N–H and O–H groups in total. The van der Waals surface area contributed by atoms with Gasteiger partial charge in [-0.3, -0.25) is 0 Å². The van der Waals surface area contributed by atoms with Gasteiger partial charge in [-0.25, -0.2) is 4.98 Å². The van der Waals surface area contributed by atoms with Gasteiger partial charge >= 0.3 is 0 Å². The Morgan fingerprint density at radius 2 is 1.77 bits per heavy atom. The van der Waals surface area contributed by atoms with E-state index in [9.17, 15) is 0 Å². The highest BCUT2D eigenvalue weighted by atomic mass is 15.3. The maximum Gasteiger partial charge on any atom is 0.254 e. The van der Waals surface area contributed by atoms with Crippen LogP contribution in [0.25, 0.3) is 17.0 Å². The number of nitrogens with one attached hydrogen (secondary N) is 1. The van der Waals surface area contributed by atoms with Gasteiger partial charge in [0.15, 0.2) is 0 Å². The molecular formula is C20H20N6. The van der Waals surface area contributed by atoms with Crippen molar-refractivity contribution < 1.29 is 0 Å². The quantitative estimate of drug-likeness (QED) is 0.601. The molecule has 0 fully saturated rings. The lowest BCUT2D eigenvalue weighted by Gasteiger charge is -2.13. The van der Waals surface area contributed by atoms with Crippen molar-refractivity contribution in [2.45, 2.75) is 6.54 Å². The number of fused-ring (bicyclic) bond motifs is 1. The Morgan fingerprint density at radius 1 is 1.00 bits per heavy atom. The second-order valence-corrected chi connectivity index (χ2v) is 6.28. The number of benzene rings is 2. The van der Waals surface area contributed by atoms with Crippen molar-refractivity contribution in [2.75, 3.05) is 24.3 Å². The fraction of sp³-hybridized carbons (Fsp3) is 0.150. The molecule has 6 nitrogen and oxygen atoms in total. The fourth-order valence-corrected chi connectivity index (χ4v) is 2.80. The topological polar surface area (TPSA) is 58.3 Å². The molecule has 4 aromatic rings. The predicted octanol–water partition coefficient (Wildman–Crippen LogP) is 3.47. The summed E-state index contributed by atoms with van der Waals surface area (Å²) in [6, 6.07) is 20.6. The van der Waals surface area contributed by atoms with Crippen molar-refractivity contribution in [1.82, 2.24) is 19.6 Å². The van der Waals surface area contributed by atoms with Crippen molar-refractivity contribution in [3.05, 3.63) is 72.6 Å². The number of nitrogens with zero attached hydrogens (tertiary/aromatic N) is 5. The highest BCUT2D eigenvalue weighted by molar-refractivity contribution is 5.65. The zero-order chi connectivity index (χ0) is 17.9. The summed E-state index contributed by atoms with van der Waals surface area (Å²) < 4.78 is 1.72.